The van der Waals surface area contributed by atoms with Crippen LogP contribution in [-0.2, 0) is 0 Å². The summed E-state index contributed by atoms with van der Waals surface area (Å²) < 4.78 is 0. The number of nitrogens with zero attached hydrogens (tertiary/aromatic N) is 2. The van der Waals surface area contributed by atoms with Gasteiger partial charge in [0.25, 0.3) is 0 Å². The first-order valence-electron chi connectivity index (χ1n) is 6.95. The third-order valence-corrected chi connectivity index (χ3v) is 3.24. The summed E-state index contributed by atoms with van der Waals surface area (Å²) in [6, 6.07) is 0. The summed E-state index contributed by atoms with van der Waals surface area (Å²) in [6.45, 7) is 4.59. The zero-order valence-electron chi connectivity index (χ0n) is 11.1. The van der Waals surface area contributed by atoms with Gasteiger partial charge in [-0.2, -0.15) is 0 Å². The summed E-state index contributed by atoms with van der Waals surface area (Å²) in [6.07, 6.45) is 15.7. The van der Waals surface area contributed by atoms with Crippen molar-refractivity contribution in [1.29, 1.82) is 0 Å². The second kappa shape index (κ2) is 8.49. The summed E-state index contributed by atoms with van der Waals surface area (Å²) in [7, 11) is 2.13. The van der Waals surface area contributed by atoms with Gasteiger partial charge in [-0.1, -0.05) is 51.9 Å². The fourth-order valence-corrected chi connectivity index (χ4v) is 2.18. The maximum absolute atomic E-state index is 2.40. The number of hydrogen-bond acceptors (Lipinski definition) is 2. The van der Waals surface area contributed by atoms with Crippen molar-refractivity contribution in [3.8, 4) is 0 Å². The Morgan fingerprint density at radius 1 is 0.875 bits per heavy atom. The normalized spacial score (nSPS) is 15.1. The van der Waals surface area contributed by atoms with Gasteiger partial charge in [0, 0.05) is 26.0 Å². The van der Waals surface area contributed by atoms with Crippen LogP contribution in [0.3, 0.4) is 0 Å². The molecule has 0 aliphatic carbocycles. The third kappa shape index (κ3) is 6.04. The molecule has 2 heteroatoms. The molecule has 0 aromatic rings. The zero-order chi connectivity index (χ0) is 11.6. The van der Waals surface area contributed by atoms with Gasteiger partial charge in [0.1, 0.15) is 0 Å². The Kier molecular flexibility index (Phi) is 7.11. The van der Waals surface area contributed by atoms with Crippen molar-refractivity contribution >= 4 is 0 Å². The monoisotopic (exact) mass is 224 g/mol. The van der Waals surface area contributed by atoms with Gasteiger partial charge in [-0.05, 0) is 6.42 Å². The van der Waals surface area contributed by atoms with Crippen LogP contribution in [0.5, 0.6) is 0 Å². The molecule has 0 saturated heterocycles. The van der Waals surface area contributed by atoms with Crippen molar-refractivity contribution in [2.24, 2.45) is 0 Å². The quantitative estimate of drug-likeness (QED) is 0.550. The molecule has 0 amide bonds. The highest BCUT2D eigenvalue weighted by Gasteiger charge is 2.06. The molecule has 2 nitrogen and oxygen atoms in total. The fourth-order valence-electron chi connectivity index (χ4n) is 2.18. The Morgan fingerprint density at radius 3 is 2.06 bits per heavy atom. The summed E-state index contributed by atoms with van der Waals surface area (Å²) >= 11 is 0. The van der Waals surface area contributed by atoms with Crippen molar-refractivity contribution in [1.82, 2.24) is 9.80 Å². The van der Waals surface area contributed by atoms with Crippen molar-refractivity contribution < 1.29 is 0 Å². The minimum Gasteiger partial charge on any atom is -0.362 e. The minimum atomic E-state index is 1.08. The topological polar surface area (TPSA) is 6.48 Å². The minimum absolute atomic E-state index is 1.08. The molecule has 0 saturated carbocycles. The van der Waals surface area contributed by atoms with Crippen LogP contribution in [0.15, 0.2) is 12.4 Å². The molecule has 0 radical (unpaired) electrons. The summed E-state index contributed by atoms with van der Waals surface area (Å²) in [5.74, 6) is 0. The first-order chi connectivity index (χ1) is 7.83. The molecular formula is C14H28N2. The summed E-state index contributed by atoms with van der Waals surface area (Å²) in [4.78, 5) is 4.63. The lowest BCUT2D eigenvalue weighted by Gasteiger charge is -2.17. The van der Waals surface area contributed by atoms with E-state index in [1.807, 2.05) is 0 Å². The van der Waals surface area contributed by atoms with E-state index in [4.69, 9.17) is 0 Å². The van der Waals surface area contributed by atoms with Gasteiger partial charge in [-0.3, -0.25) is 0 Å². The molecule has 16 heavy (non-hydrogen) atoms. The van der Waals surface area contributed by atoms with Crippen molar-refractivity contribution in [3.05, 3.63) is 12.4 Å². The van der Waals surface area contributed by atoms with Crippen LogP contribution >= 0.6 is 0 Å². The first-order valence-corrected chi connectivity index (χ1v) is 6.95. The van der Waals surface area contributed by atoms with Gasteiger partial charge in [0.05, 0.1) is 6.67 Å². The SMILES string of the molecule is CCCCCCCCCCN1C=CN(C)C1. The Bertz CT molecular complexity index is 189. The van der Waals surface area contributed by atoms with E-state index in [9.17, 15) is 0 Å². The highest BCUT2D eigenvalue weighted by atomic mass is 15.3. The molecule has 1 aliphatic heterocycles. The molecule has 1 heterocycles. The van der Waals surface area contributed by atoms with Crippen molar-refractivity contribution in [3.63, 3.8) is 0 Å². The van der Waals surface area contributed by atoms with E-state index in [1.165, 1.54) is 57.9 Å². The molecule has 0 spiro atoms. The molecular weight excluding hydrogens is 196 g/mol. The Hall–Kier alpha value is -0.660. The Balaban J connectivity index is 1.80. The molecule has 0 aromatic heterocycles. The molecule has 1 rings (SSSR count). The molecule has 0 aromatic carbocycles. The molecule has 0 atom stereocenters. The predicted molar refractivity (Wildman–Crippen MR) is 71.1 cm³/mol. The highest BCUT2D eigenvalue weighted by Crippen LogP contribution is 2.10. The maximum Gasteiger partial charge on any atom is 0.0890 e. The van der Waals surface area contributed by atoms with E-state index in [0.29, 0.717) is 0 Å². The molecule has 94 valence electrons. The summed E-state index contributed by atoms with van der Waals surface area (Å²) in [5, 5.41) is 0. The summed E-state index contributed by atoms with van der Waals surface area (Å²) in [5.41, 5.74) is 0. The van der Waals surface area contributed by atoms with Gasteiger partial charge < -0.3 is 9.80 Å². The van der Waals surface area contributed by atoms with Crippen LogP contribution in [0.2, 0.25) is 0 Å². The average Bonchev–Trinajstić information content (AvgIpc) is 2.68. The van der Waals surface area contributed by atoms with Crippen LogP contribution in [0.4, 0.5) is 0 Å². The third-order valence-electron chi connectivity index (χ3n) is 3.24. The van der Waals surface area contributed by atoms with Gasteiger partial charge in [-0.25, -0.2) is 0 Å². The molecule has 0 N–H and O–H groups in total. The standard InChI is InChI=1S/C14H28N2/c1-3-4-5-6-7-8-9-10-11-16-13-12-15(2)14-16/h12-13H,3-11,14H2,1-2H3. The van der Waals surface area contributed by atoms with E-state index in [-0.39, 0.29) is 0 Å². The van der Waals surface area contributed by atoms with E-state index in [0.717, 1.165) is 6.67 Å². The van der Waals surface area contributed by atoms with E-state index in [1.54, 1.807) is 0 Å². The van der Waals surface area contributed by atoms with Crippen molar-refractivity contribution in [2.75, 3.05) is 20.3 Å². The second-order valence-corrected chi connectivity index (χ2v) is 4.98. The average molecular weight is 224 g/mol. The highest BCUT2D eigenvalue weighted by molar-refractivity contribution is 4.88. The van der Waals surface area contributed by atoms with Crippen LogP contribution in [0.1, 0.15) is 58.3 Å². The van der Waals surface area contributed by atoms with E-state index >= 15 is 0 Å². The lowest BCUT2D eigenvalue weighted by molar-refractivity contribution is 0.290. The zero-order valence-corrected chi connectivity index (χ0v) is 11.1. The Labute approximate surface area is 101 Å². The largest absolute Gasteiger partial charge is 0.362 e. The lowest BCUT2D eigenvalue weighted by Crippen LogP contribution is -2.23. The van der Waals surface area contributed by atoms with Crippen LogP contribution in [0, 0.1) is 0 Å². The number of rotatable bonds is 9. The van der Waals surface area contributed by atoms with Gasteiger partial charge >= 0.3 is 0 Å². The molecule has 1 aliphatic rings. The van der Waals surface area contributed by atoms with Crippen LogP contribution in [0.25, 0.3) is 0 Å². The number of unbranched alkanes of at least 4 members (excludes halogenated alkanes) is 7. The number of hydrogen-bond donors (Lipinski definition) is 0. The van der Waals surface area contributed by atoms with E-state index < -0.39 is 0 Å². The van der Waals surface area contributed by atoms with Crippen LogP contribution in [-0.4, -0.2) is 30.1 Å². The Morgan fingerprint density at radius 2 is 1.50 bits per heavy atom. The predicted octanol–water partition coefficient (Wildman–Crippen LogP) is 3.80. The lowest BCUT2D eigenvalue weighted by atomic mass is 10.1. The van der Waals surface area contributed by atoms with Crippen molar-refractivity contribution in [2.45, 2.75) is 58.3 Å². The van der Waals surface area contributed by atoms with Gasteiger partial charge in [-0.15, -0.1) is 0 Å². The smallest absolute Gasteiger partial charge is 0.0890 e. The second-order valence-electron chi connectivity index (χ2n) is 4.98. The molecule has 0 fully saturated rings. The van der Waals surface area contributed by atoms with Gasteiger partial charge in [0.15, 0.2) is 0 Å². The fraction of sp³-hybridized carbons (Fsp3) is 0.857. The maximum atomic E-state index is 2.40. The first kappa shape index (κ1) is 13.4. The van der Waals surface area contributed by atoms with E-state index in [2.05, 4.69) is 36.2 Å². The van der Waals surface area contributed by atoms with Crippen LogP contribution < -0.4 is 0 Å². The van der Waals surface area contributed by atoms with Gasteiger partial charge in [0.2, 0.25) is 0 Å². The molecule has 0 unspecified atom stereocenters. The molecule has 0 bridgehead atoms.